The van der Waals surface area contributed by atoms with Gasteiger partial charge in [0.05, 0.1) is 19.3 Å². The Morgan fingerprint density at radius 3 is 2.41 bits per heavy atom. The number of likely N-dealkylation sites (tertiary alicyclic amines) is 1. The highest BCUT2D eigenvalue weighted by Gasteiger charge is 2.41. The first-order valence-corrected chi connectivity index (χ1v) is 11.4. The van der Waals surface area contributed by atoms with Gasteiger partial charge < -0.3 is 9.84 Å². The van der Waals surface area contributed by atoms with E-state index < -0.39 is 42.9 Å². The number of hydrogen-bond donors (Lipinski definition) is 1. The molecule has 9 heteroatoms. The number of ether oxygens (including phenoxy) is 1. The second-order valence-corrected chi connectivity index (χ2v) is 9.42. The first kappa shape index (κ1) is 24.7. The summed E-state index contributed by atoms with van der Waals surface area (Å²) < 4.78 is 76.9. The maximum absolute atomic E-state index is 15.4. The van der Waals surface area contributed by atoms with Crippen LogP contribution >= 0.6 is 0 Å². The molecule has 0 aromatic heterocycles. The largest absolute Gasteiger partial charge is 0.508 e. The van der Waals surface area contributed by atoms with E-state index in [9.17, 15) is 18.3 Å². The van der Waals surface area contributed by atoms with E-state index in [1.54, 1.807) is 6.92 Å². The third-order valence-electron chi connectivity index (χ3n) is 6.45. The summed E-state index contributed by atoms with van der Waals surface area (Å²) in [5.41, 5.74) is 0.817. The standard InChI is InChI=1S/C25H29F5N2O2/c1-15-8-16-9-17(33)4-5-20(16)24(32(15)14-25(2,29)30)23-21(27)10-18(11-22(23)28)34-19-12-31(13-19)7-3-6-26/h4-5,9-11,15,19,24,33H,3,6-8,12-14H2,1-2H3/t15-,24+/m1/s1. The predicted octanol–water partition coefficient (Wildman–Crippen LogP) is 5.08. The van der Waals surface area contributed by atoms with Gasteiger partial charge in [0.15, 0.2) is 0 Å². The number of hydrogen-bond acceptors (Lipinski definition) is 4. The van der Waals surface area contributed by atoms with Crippen LogP contribution in [0.25, 0.3) is 0 Å². The molecule has 2 aromatic rings. The molecule has 1 saturated heterocycles. The molecule has 1 fully saturated rings. The van der Waals surface area contributed by atoms with Gasteiger partial charge in [0.1, 0.15) is 29.2 Å². The van der Waals surface area contributed by atoms with Crippen molar-refractivity contribution in [2.75, 3.05) is 32.9 Å². The maximum atomic E-state index is 15.4. The number of phenols is 1. The van der Waals surface area contributed by atoms with Crippen molar-refractivity contribution in [3.8, 4) is 11.5 Å². The Morgan fingerprint density at radius 1 is 1.12 bits per heavy atom. The SMILES string of the molecule is C[C@@H]1Cc2cc(O)ccc2[C@@H](c2c(F)cc(OC3CN(CCCF)C3)cc2F)N1CC(C)(F)F. The molecule has 0 amide bonds. The molecule has 1 N–H and O–H groups in total. The Labute approximate surface area is 195 Å². The molecule has 0 radical (unpaired) electrons. The topological polar surface area (TPSA) is 35.9 Å². The fourth-order valence-electron chi connectivity index (χ4n) is 4.94. The van der Waals surface area contributed by atoms with Crippen molar-refractivity contribution in [1.82, 2.24) is 9.80 Å². The van der Waals surface area contributed by atoms with Crippen molar-refractivity contribution >= 4 is 0 Å². The van der Waals surface area contributed by atoms with Crippen LogP contribution in [0, 0.1) is 11.6 Å². The summed E-state index contributed by atoms with van der Waals surface area (Å²) in [6.07, 6.45) is 0.538. The van der Waals surface area contributed by atoms with Crippen LogP contribution in [0.2, 0.25) is 0 Å². The smallest absolute Gasteiger partial charge is 0.257 e. The van der Waals surface area contributed by atoms with Gasteiger partial charge in [-0.3, -0.25) is 14.2 Å². The van der Waals surface area contributed by atoms with Gasteiger partial charge in [-0.1, -0.05) is 6.07 Å². The van der Waals surface area contributed by atoms with Gasteiger partial charge in [-0.25, -0.2) is 17.6 Å². The van der Waals surface area contributed by atoms with Crippen LogP contribution < -0.4 is 4.74 Å². The molecule has 0 aliphatic carbocycles. The Hall–Kier alpha value is -2.39. The summed E-state index contributed by atoms with van der Waals surface area (Å²) in [4.78, 5) is 3.40. The normalized spacial score (nSPS) is 21.9. The minimum Gasteiger partial charge on any atom is -0.508 e. The van der Waals surface area contributed by atoms with Crippen LogP contribution in [0.4, 0.5) is 22.0 Å². The van der Waals surface area contributed by atoms with E-state index in [1.165, 1.54) is 23.1 Å². The van der Waals surface area contributed by atoms with Crippen molar-refractivity contribution < 1.29 is 31.8 Å². The van der Waals surface area contributed by atoms with Gasteiger partial charge in [-0.2, -0.15) is 0 Å². The molecule has 0 saturated carbocycles. The quantitative estimate of drug-likeness (QED) is 0.530. The van der Waals surface area contributed by atoms with Crippen molar-refractivity contribution in [1.29, 1.82) is 0 Å². The summed E-state index contributed by atoms with van der Waals surface area (Å²) in [5, 5.41) is 9.89. The highest BCUT2D eigenvalue weighted by atomic mass is 19.3. The van der Waals surface area contributed by atoms with E-state index in [4.69, 9.17) is 4.74 Å². The molecule has 2 aliphatic rings. The number of rotatable bonds is 8. The van der Waals surface area contributed by atoms with E-state index in [0.717, 1.165) is 19.1 Å². The Balaban J connectivity index is 1.64. The first-order valence-electron chi connectivity index (χ1n) is 11.4. The lowest BCUT2D eigenvalue weighted by molar-refractivity contribution is -0.0371. The van der Waals surface area contributed by atoms with Gasteiger partial charge in [-0.15, -0.1) is 0 Å². The van der Waals surface area contributed by atoms with Crippen molar-refractivity contribution in [3.05, 3.63) is 58.7 Å². The molecule has 4 rings (SSSR count). The zero-order valence-electron chi connectivity index (χ0n) is 19.2. The number of benzene rings is 2. The second kappa shape index (κ2) is 9.70. The summed E-state index contributed by atoms with van der Waals surface area (Å²) in [6, 6.07) is 5.09. The van der Waals surface area contributed by atoms with Crippen LogP contribution in [-0.4, -0.2) is 65.8 Å². The van der Waals surface area contributed by atoms with Gasteiger partial charge in [0.25, 0.3) is 5.92 Å². The Morgan fingerprint density at radius 2 is 1.79 bits per heavy atom. The number of nitrogens with zero attached hydrogens (tertiary/aromatic N) is 2. The molecular weight excluding hydrogens is 455 g/mol. The molecule has 2 heterocycles. The number of aromatic hydroxyl groups is 1. The van der Waals surface area contributed by atoms with E-state index in [0.29, 0.717) is 43.6 Å². The fraction of sp³-hybridized carbons (Fsp3) is 0.520. The molecular formula is C25H29F5N2O2. The number of phenolic OH excluding ortho intramolecular Hbond substituents is 1. The van der Waals surface area contributed by atoms with Crippen LogP contribution in [-0.2, 0) is 6.42 Å². The monoisotopic (exact) mass is 484 g/mol. The molecule has 0 unspecified atom stereocenters. The lowest BCUT2D eigenvalue weighted by Crippen LogP contribution is -2.53. The third kappa shape index (κ3) is 5.30. The summed E-state index contributed by atoms with van der Waals surface area (Å²) in [6.45, 7) is 3.12. The van der Waals surface area contributed by atoms with E-state index in [1.807, 2.05) is 4.90 Å². The molecule has 0 spiro atoms. The number of halogens is 5. The van der Waals surface area contributed by atoms with Crippen LogP contribution in [0.1, 0.15) is 43.0 Å². The highest BCUT2D eigenvalue weighted by molar-refractivity contribution is 5.46. The average molecular weight is 485 g/mol. The molecule has 0 bridgehead atoms. The zero-order valence-corrected chi connectivity index (χ0v) is 19.2. The maximum Gasteiger partial charge on any atom is 0.257 e. The van der Waals surface area contributed by atoms with Gasteiger partial charge in [-0.05, 0) is 43.0 Å². The Bertz CT molecular complexity index is 1000. The molecule has 186 valence electrons. The van der Waals surface area contributed by atoms with E-state index >= 15 is 8.78 Å². The van der Waals surface area contributed by atoms with Crippen LogP contribution in [0.3, 0.4) is 0 Å². The minimum atomic E-state index is -3.07. The van der Waals surface area contributed by atoms with E-state index in [-0.39, 0.29) is 23.2 Å². The fourth-order valence-corrected chi connectivity index (χ4v) is 4.94. The van der Waals surface area contributed by atoms with Gasteiger partial charge in [0.2, 0.25) is 0 Å². The summed E-state index contributed by atoms with van der Waals surface area (Å²) in [7, 11) is 0. The lowest BCUT2D eigenvalue weighted by Gasteiger charge is -2.43. The number of alkyl halides is 3. The average Bonchev–Trinajstić information content (AvgIpc) is 2.70. The van der Waals surface area contributed by atoms with Crippen molar-refractivity contribution in [3.63, 3.8) is 0 Å². The number of fused-ring (bicyclic) bond motifs is 1. The van der Waals surface area contributed by atoms with Crippen molar-refractivity contribution in [2.45, 2.75) is 50.8 Å². The van der Waals surface area contributed by atoms with Gasteiger partial charge in [0, 0.05) is 50.3 Å². The van der Waals surface area contributed by atoms with Gasteiger partial charge >= 0.3 is 0 Å². The summed E-state index contributed by atoms with van der Waals surface area (Å²) >= 11 is 0. The highest BCUT2D eigenvalue weighted by Crippen LogP contribution is 2.43. The lowest BCUT2D eigenvalue weighted by atomic mass is 9.84. The molecule has 2 aliphatic heterocycles. The van der Waals surface area contributed by atoms with E-state index in [2.05, 4.69) is 0 Å². The molecule has 2 aromatic carbocycles. The minimum absolute atomic E-state index is 0.00437. The first-order chi connectivity index (χ1) is 16.1. The Kier molecular flexibility index (Phi) is 7.05. The molecule has 2 atom stereocenters. The molecule has 34 heavy (non-hydrogen) atoms. The van der Waals surface area contributed by atoms with Crippen LogP contribution in [0.5, 0.6) is 11.5 Å². The van der Waals surface area contributed by atoms with Crippen LogP contribution in [0.15, 0.2) is 30.3 Å². The zero-order chi connectivity index (χ0) is 24.6. The van der Waals surface area contributed by atoms with Crippen molar-refractivity contribution in [2.24, 2.45) is 0 Å². The second-order valence-electron chi connectivity index (χ2n) is 9.42. The summed E-state index contributed by atoms with van der Waals surface area (Å²) in [5.74, 6) is -4.81. The third-order valence-corrected chi connectivity index (χ3v) is 6.45. The molecule has 4 nitrogen and oxygen atoms in total. The predicted molar refractivity (Wildman–Crippen MR) is 118 cm³/mol.